The lowest BCUT2D eigenvalue weighted by molar-refractivity contribution is -0.136. The maximum atomic E-state index is 12.9. The van der Waals surface area contributed by atoms with E-state index in [-0.39, 0.29) is 30.2 Å². The van der Waals surface area contributed by atoms with E-state index >= 15 is 0 Å². The molecule has 4 aliphatic rings. The van der Waals surface area contributed by atoms with Gasteiger partial charge in [-0.25, -0.2) is 0 Å². The predicted molar refractivity (Wildman–Crippen MR) is 111 cm³/mol. The molecule has 3 heterocycles. The number of carbonyl (C=O) groups is 3. The molecule has 5 rings (SSSR count). The molecule has 31 heavy (non-hydrogen) atoms. The van der Waals surface area contributed by atoms with E-state index in [0.29, 0.717) is 30.5 Å². The first-order chi connectivity index (χ1) is 15.1. The van der Waals surface area contributed by atoms with Crippen LogP contribution in [0.1, 0.15) is 54.4 Å². The smallest absolute Gasteiger partial charge is 0.255 e. The van der Waals surface area contributed by atoms with Crippen LogP contribution in [0.2, 0.25) is 0 Å². The lowest BCUT2D eigenvalue weighted by Crippen LogP contribution is -2.52. The molecule has 1 aromatic carbocycles. The first kappa shape index (κ1) is 20.5. The highest BCUT2D eigenvalue weighted by Gasteiger charge is 2.39. The molecule has 0 radical (unpaired) electrons. The molecular formula is C23H29N3O5. The summed E-state index contributed by atoms with van der Waals surface area (Å²) in [5.74, 6) is 0.550. The van der Waals surface area contributed by atoms with Crippen LogP contribution < -0.4 is 15.4 Å². The second-order valence-corrected chi connectivity index (χ2v) is 9.08. The molecular weight excluding hydrogens is 398 g/mol. The molecule has 8 nitrogen and oxygen atoms in total. The Morgan fingerprint density at radius 3 is 2.74 bits per heavy atom. The van der Waals surface area contributed by atoms with Crippen molar-refractivity contribution in [2.24, 2.45) is 5.92 Å². The summed E-state index contributed by atoms with van der Waals surface area (Å²) < 4.78 is 11.6. The molecule has 2 saturated heterocycles. The zero-order valence-electron chi connectivity index (χ0n) is 17.6. The van der Waals surface area contributed by atoms with Gasteiger partial charge in [-0.15, -0.1) is 0 Å². The van der Waals surface area contributed by atoms with Gasteiger partial charge in [0.05, 0.1) is 13.2 Å². The predicted octanol–water partition coefficient (Wildman–Crippen LogP) is 1.37. The summed E-state index contributed by atoms with van der Waals surface area (Å²) in [6.07, 6.45) is 5.21. The second kappa shape index (κ2) is 8.59. The number of rotatable bonds is 6. The fourth-order valence-corrected chi connectivity index (χ4v) is 4.99. The average molecular weight is 428 g/mol. The second-order valence-electron chi connectivity index (χ2n) is 9.08. The standard InChI is InChI=1S/C23H29N3O5/c27-21-8-7-19(22(28)25-21)26-11-15-9-16(5-6-17(15)23(26)29)31-20-4-2-1-3-18(20)24-10-14-12-30-13-14/h5-6,9,14,18-20,24H,1-4,7-8,10-13H2,(H,25,27,28)/t18-,19?,20-/m1/s1. The van der Waals surface area contributed by atoms with Crippen molar-refractivity contribution in [1.29, 1.82) is 0 Å². The van der Waals surface area contributed by atoms with Crippen LogP contribution in [0, 0.1) is 5.92 Å². The number of ether oxygens (including phenoxy) is 2. The van der Waals surface area contributed by atoms with Crippen molar-refractivity contribution in [2.75, 3.05) is 19.8 Å². The SMILES string of the molecule is O=C1CCC(N2Cc3cc(O[C@@H]4CCCC[C@H]4NCC4COC4)ccc3C2=O)C(=O)N1. The van der Waals surface area contributed by atoms with E-state index in [2.05, 4.69) is 10.6 Å². The number of benzene rings is 1. The van der Waals surface area contributed by atoms with Crippen LogP contribution in [0.3, 0.4) is 0 Å². The number of hydrogen-bond acceptors (Lipinski definition) is 6. The van der Waals surface area contributed by atoms with Gasteiger partial charge in [-0.3, -0.25) is 19.7 Å². The highest BCUT2D eigenvalue weighted by atomic mass is 16.5. The summed E-state index contributed by atoms with van der Waals surface area (Å²) in [7, 11) is 0. The maximum absolute atomic E-state index is 12.9. The van der Waals surface area contributed by atoms with Crippen LogP contribution in [-0.4, -0.2) is 60.6 Å². The van der Waals surface area contributed by atoms with Crippen LogP contribution in [0.25, 0.3) is 0 Å². The van der Waals surface area contributed by atoms with E-state index in [1.54, 1.807) is 11.0 Å². The van der Waals surface area contributed by atoms with Crippen molar-refractivity contribution in [3.63, 3.8) is 0 Å². The molecule has 8 heteroatoms. The quantitative estimate of drug-likeness (QED) is 0.666. The summed E-state index contributed by atoms with van der Waals surface area (Å²) in [6, 6.07) is 5.32. The fraction of sp³-hybridized carbons (Fsp3) is 0.609. The molecule has 3 atom stereocenters. The molecule has 1 saturated carbocycles. The highest BCUT2D eigenvalue weighted by molar-refractivity contribution is 6.05. The molecule has 0 bridgehead atoms. The Morgan fingerprint density at radius 2 is 1.97 bits per heavy atom. The van der Waals surface area contributed by atoms with Gasteiger partial charge < -0.3 is 19.7 Å². The molecule has 0 aromatic heterocycles. The zero-order valence-corrected chi connectivity index (χ0v) is 17.6. The number of imide groups is 1. The van der Waals surface area contributed by atoms with E-state index in [0.717, 1.165) is 50.3 Å². The Bertz CT molecular complexity index is 884. The molecule has 1 unspecified atom stereocenters. The number of carbonyl (C=O) groups excluding carboxylic acids is 3. The zero-order chi connectivity index (χ0) is 21.4. The molecule has 166 valence electrons. The van der Waals surface area contributed by atoms with Crippen molar-refractivity contribution >= 4 is 17.7 Å². The molecule has 0 spiro atoms. The van der Waals surface area contributed by atoms with Crippen molar-refractivity contribution in [3.05, 3.63) is 29.3 Å². The van der Waals surface area contributed by atoms with Crippen LogP contribution in [0.4, 0.5) is 0 Å². The molecule has 1 aromatic rings. The van der Waals surface area contributed by atoms with E-state index < -0.39 is 6.04 Å². The third-order valence-corrected chi connectivity index (χ3v) is 6.86. The first-order valence-electron chi connectivity index (χ1n) is 11.3. The molecule has 3 amide bonds. The van der Waals surface area contributed by atoms with Crippen LogP contribution in [0.5, 0.6) is 5.75 Å². The minimum Gasteiger partial charge on any atom is -0.489 e. The van der Waals surface area contributed by atoms with Gasteiger partial charge in [0.1, 0.15) is 17.9 Å². The van der Waals surface area contributed by atoms with Crippen molar-refractivity contribution in [1.82, 2.24) is 15.5 Å². The summed E-state index contributed by atoms with van der Waals surface area (Å²) in [4.78, 5) is 38.1. The average Bonchev–Trinajstić information content (AvgIpc) is 3.04. The van der Waals surface area contributed by atoms with E-state index in [9.17, 15) is 14.4 Å². The van der Waals surface area contributed by atoms with Crippen LogP contribution in [-0.2, 0) is 20.9 Å². The highest BCUT2D eigenvalue weighted by Crippen LogP contribution is 2.32. The summed E-state index contributed by atoms with van der Waals surface area (Å²) in [5, 5.41) is 6.01. The van der Waals surface area contributed by atoms with Gasteiger partial charge >= 0.3 is 0 Å². The maximum Gasteiger partial charge on any atom is 0.255 e. The number of amides is 3. The minimum atomic E-state index is -0.593. The van der Waals surface area contributed by atoms with Crippen molar-refractivity contribution < 1.29 is 23.9 Å². The van der Waals surface area contributed by atoms with E-state index in [4.69, 9.17) is 9.47 Å². The van der Waals surface area contributed by atoms with Gasteiger partial charge in [0.25, 0.3) is 5.91 Å². The van der Waals surface area contributed by atoms with E-state index in [1.165, 1.54) is 6.42 Å². The molecule has 3 fully saturated rings. The number of nitrogens with zero attached hydrogens (tertiary/aromatic N) is 1. The Kier molecular flexibility index (Phi) is 5.67. The van der Waals surface area contributed by atoms with Crippen molar-refractivity contribution in [3.8, 4) is 5.75 Å². The molecule has 1 aliphatic carbocycles. The third kappa shape index (κ3) is 4.19. The fourth-order valence-electron chi connectivity index (χ4n) is 4.99. The Morgan fingerprint density at radius 1 is 1.13 bits per heavy atom. The van der Waals surface area contributed by atoms with E-state index in [1.807, 2.05) is 12.1 Å². The van der Waals surface area contributed by atoms with Gasteiger partial charge in [0.15, 0.2) is 0 Å². The van der Waals surface area contributed by atoms with Crippen LogP contribution >= 0.6 is 0 Å². The van der Waals surface area contributed by atoms with Gasteiger partial charge in [-0.1, -0.05) is 6.42 Å². The summed E-state index contributed by atoms with van der Waals surface area (Å²) in [6.45, 7) is 3.01. The van der Waals surface area contributed by atoms with Gasteiger partial charge in [0, 0.05) is 37.0 Å². The molecule has 3 aliphatic heterocycles. The monoisotopic (exact) mass is 427 g/mol. The Balaban J connectivity index is 1.25. The topological polar surface area (TPSA) is 97.0 Å². The summed E-state index contributed by atoms with van der Waals surface area (Å²) in [5.41, 5.74) is 1.49. The summed E-state index contributed by atoms with van der Waals surface area (Å²) >= 11 is 0. The lowest BCUT2D eigenvalue weighted by atomic mass is 9.91. The lowest BCUT2D eigenvalue weighted by Gasteiger charge is -2.35. The third-order valence-electron chi connectivity index (χ3n) is 6.86. The van der Waals surface area contributed by atoms with Crippen molar-refractivity contribution in [2.45, 2.75) is 63.3 Å². The van der Waals surface area contributed by atoms with Gasteiger partial charge in [-0.05, 0) is 49.4 Å². The number of hydrogen-bond donors (Lipinski definition) is 2. The number of fused-ring (bicyclic) bond motifs is 1. The molecule has 2 N–H and O–H groups in total. The normalized spacial score (nSPS) is 28.8. The largest absolute Gasteiger partial charge is 0.489 e. The minimum absolute atomic E-state index is 0.108. The number of nitrogens with one attached hydrogen (secondary N) is 2. The Labute approximate surface area is 181 Å². The van der Waals surface area contributed by atoms with Gasteiger partial charge in [0.2, 0.25) is 11.8 Å². The van der Waals surface area contributed by atoms with Gasteiger partial charge in [-0.2, -0.15) is 0 Å². The van der Waals surface area contributed by atoms with Crippen LogP contribution in [0.15, 0.2) is 18.2 Å². The first-order valence-corrected chi connectivity index (χ1v) is 11.3. The Hall–Kier alpha value is -2.45. The number of piperidine rings is 1.